The maximum atomic E-state index is 12.6. The zero-order valence-corrected chi connectivity index (χ0v) is 10.4. The molecular weight excluding hydrogens is 255 g/mol. The summed E-state index contributed by atoms with van der Waals surface area (Å²) in [5.41, 5.74) is 6.53. The average Bonchev–Trinajstić information content (AvgIpc) is 2.74. The van der Waals surface area contributed by atoms with Gasteiger partial charge >= 0.3 is 6.18 Å². The molecule has 2 N–H and O–H groups in total. The molecule has 2 rings (SSSR count). The summed E-state index contributed by atoms with van der Waals surface area (Å²) in [6, 6.07) is 6.37. The summed E-state index contributed by atoms with van der Waals surface area (Å²) in [6.45, 7) is 2.18. The van der Waals surface area contributed by atoms with Crippen LogP contribution in [0.2, 0.25) is 0 Å². The number of hydrogen-bond acceptors (Lipinski definition) is 2. The highest BCUT2D eigenvalue weighted by Crippen LogP contribution is 2.30. The fourth-order valence-corrected chi connectivity index (χ4v) is 1.82. The smallest absolute Gasteiger partial charge is 0.322 e. The number of aromatic nitrogens is 2. The minimum atomic E-state index is -4.35. The van der Waals surface area contributed by atoms with Crippen molar-refractivity contribution < 1.29 is 13.2 Å². The predicted molar refractivity (Wildman–Crippen MR) is 65.3 cm³/mol. The van der Waals surface area contributed by atoms with E-state index < -0.39 is 17.8 Å². The van der Waals surface area contributed by atoms with Gasteiger partial charge in [-0.3, -0.25) is 4.68 Å². The van der Waals surface area contributed by atoms with E-state index in [1.54, 1.807) is 16.9 Å². The molecule has 0 saturated carbocycles. The number of alkyl halides is 3. The molecule has 1 unspecified atom stereocenters. The molecule has 6 heteroatoms. The Hall–Kier alpha value is -1.82. The van der Waals surface area contributed by atoms with Gasteiger partial charge in [0.15, 0.2) is 0 Å². The maximum absolute atomic E-state index is 12.6. The minimum absolute atomic E-state index is 0.342. The van der Waals surface area contributed by atoms with E-state index in [0.29, 0.717) is 12.1 Å². The predicted octanol–water partition coefficient (Wildman–Crippen LogP) is 2.91. The van der Waals surface area contributed by atoms with Crippen LogP contribution in [-0.4, -0.2) is 9.78 Å². The number of rotatable bonds is 3. The molecule has 1 aromatic heterocycles. The standard InChI is InChI=1S/C13H14F3N3/c1-9-5-6-19(18-9)8-12(17)10-3-2-4-11(7-10)13(14,15)16/h2-7,12H,8,17H2,1H3. The second kappa shape index (κ2) is 5.05. The van der Waals surface area contributed by atoms with E-state index in [4.69, 9.17) is 5.73 Å². The van der Waals surface area contributed by atoms with E-state index in [9.17, 15) is 13.2 Å². The normalized spacial score (nSPS) is 13.5. The molecule has 1 atom stereocenters. The van der Waals surface area contributed by atoms with Crippen molar-refractivity contribution in [1.29, 1.82) is 0 Å². The van der Waals surface area contributed by atoms with Gasteiger partial charge < -0.3 is 5.73 Å². The van der Waals surface area contributed by atoms with E-state index in [2.05, 4.69) is 5.10 Å². The summed E-state index contributed by atoms with van der Waals surface area (Å²) in [5, 5.41) is 4.16. The Kier molecular flexibility index (Phi) is 3.61. The van der Waals surface area contributed by atoms with Gasteiger partial charge in [0.25, 0.3) is 0 Å². The number of benzene rings is 1. The zero-order valence-electron chi connectivity index (χ0n) is 10.4. The molecular formula is C13H14F3N3. The summed E-state index contributed by atoms with van der Waals surface area (Å²) >= 11 is 0. The highest BCUT2D eigenvalue weighted by molar-refractivity contribution is 5.27. The average molecular weight is 269 g/mol. The minimum Gasteiger partial charge on any atom is -0.322 e. The summed E-state index contributed by atoms with van der Waals surface area (Å²) in [5.74, 6) is 0. The van der Waals surface area contributed by atoms with Gasteiger partial charge in [-0.15, -0.1) is 0 Å². The third-order valence-corrected chi connectivity index (χ3v) is 2.80. The van der Waals surface area contributed by atoms with Gasteiger partial charge in [-0.2, -0.15) is 18.3 Å². The molecule has 0 aliphatic heterocycles. The summed E-state index contributed by atoms with van der Waals surface area (Å²) in [7, 11) is 0. The van der Waals surface area contributed by atoms with Gasteiger partial charge in [-0.1, -0.05) is 12.1 Å². The van der Waals surface area contributed by atoms with Crippen LogP contribution in [0, 0.1) is 6.92 Å². The van der Waals surface area contributed by atoms with Gasteiger partial charge in [0, 0.05) is 12.2 Å². The van der Waals surface area contributed by atoms with Crippen LogP contribution < -0.4 is 5.73 Å². The van der Waals surface area contributed by atoms with Crippen molar-refractivity contribution in [2.45, 2.75) is 25.7 Å². The molecule has 19 heavy (non-hydrogen) atoms. The van der Waals surface area contributed by atoms with Gasteiger partial charge in [0.1, 0.15) is 0 Å². The first kappa shape index (κ1) is 13.6. The number of nitrogens with zero attached hydrogens (tertiary/aromatic N) is 2. The van der Waals surface area contributed by atoms with Gasteiger partial charge in [-0.05, 0) is 30.7 Å². The van der Waals surface area contributed by atoms with Crippen molar-refractivity contribution in [3.8, 4) is 0 Å². The van der Waals surface area contributed by atoms with E-state index >= 15 is 0 Å². The lowest BCUT2D eigenvalue weighted by Gasteiger charge is -2.14. The maximum Gasteiger partial charge on any atom is 0.416 e. The Morgan fingerprint density at radius 2 is 2.05 bits per heavy atom. The lowest BCUT2D eigenvalue weighted by Crippen LogP contribution is -2.19. The molecule has 0 bridgehead atoms. The third kappa shape index (κ3) is 3.35. The molecule has 0 saturated heterocycles. The van der Waals surface area contributed by atoms with Crippen LogP contribution in [0.5, 0.6) is 0 Å². The van der Waals surface area contributed by atoms with Crippen molar-refractivity contribution in [1.82, 2.24) is 9.78 Å². The van der Waals surface area contributed by atoms with Crippen molar-refractivity contribution in [3.05, 3.63) is 53.3 Å². The SMILES string of the molecule is Cc1ccn(CC(N)c2cccc(C(F)(F)F)c2)n1. The molecule has 0 fully saturated rings. The second-order valence-corrected chi connectivity index (χ2v) is 4.41. The Balaban J connectivity index is 2.17. The van der Waals surface area contributed by atoms with Gasteiger partial charge in [0.05, 0.1) is 17.8 Å². The monoisotopic (exact) mass is 269 g/mol. The van der Waals surface area contributed by atoms with E-state index in [1.165, 1.54) is 6.07 Å². The largest absolute Gasteiger partial charge is 0.416 e. The molecule has 0 amide bonds. The fourth-order valence-electron chi connectivity index (χ4n) is 1.82. The van der Waals surface area contributed by atoms with Gasteiger partial charge in [-0.25, -0.2) is 0 Å². The van der Waals surface area contributed by atoms with Crippen LogP contribution in [0.15, 0.2) is 36.5 Å². The summed E-state index contributed by atoms with van der Waals surface area (Å²) in [6.07, 6.45) is -2.60. The molecule has 1 aromatic carbocycles. The van der Waals surface area contributed by atoms with E-state index in [0.717, 1.165) is 17.8 Å². The summed E-state index contributed by atoms with van der Waals surface area (Å²) < 4.78 is 39.4. The fraction of sp³-hybridized carbons (Fsp3) is 0.308. The zero-order chi connectivity index (χ0) is 14.0. The molecule has 2 aromatic rings. The van der Waals surface area contributed by atoms with E-state index in [1.807, 2.05) is 13.0 Å². The first-order valence-electron chi connectivity index (χ1n) is 5.79. The molecule has 102 valence electrons. The van der Waals surface area contributed by atoms with Gasteiger partial charge in [0.2, 0.25) is 0 Å². The number of nitrogens with two attached hydrogens (primary N) is 1. The lowest BCUT2D eigenvalue weighted by molar-refractivity contribution is -0.137. The highest BCUT2D eigenvalue weighted by atomic mass is 19.4. The van der Waals surface area contributed by atoms with E-state index in [-0.39, 0.29) is 0 Å². The van der Waals surface area contributed by atoms with Crippen molar-refractivity contribution in [3.63, 3.8) is 0 Å². The van der Waals surface area contributed by atoms with Crippen molar-refractivity contribution in [2.24, 2.45) is 5.73 Å². The Bertz CT molecular complexity index is 560. The van der Waals surface area contributed by atoms with Crippen LogP contribution in [0.4, 0.5) is 13.2 Å². The Morgan fingerprint density at radius 1 is 1.32 bits per heavy atom. The number of hydrogen-bond donors (Lipinski definition) is 1. The molecule has 0 aliphatic carbocycles. The van der Waals surface area contributed by atoms with Crippen LogP contribution >= 0.6 is 0 Å². The number of halogens is 3. The first-order chi connectivity index (χ1) is 8.86. The van der Waals surface area contributed by atoms with Crippen LogP contribution in [0.3, 0.4) is 0 Å². The summed E-state index contributed by atoms with van der Waals surface area (Å²) in [4.78, 5) is 0. The molecule has 1 heterocycles. The van der Waals surface area contributed by atoms with Crippen LogP contribution in [0.1, 0.15) is 22.9 Å². The molecule has 0 radical (unpaired) electrons. The van der Waals surface area contributed by atoms with Crippen molar-refractivity contribution in [2.75, 3.05) is 0 Å². The topological polar surface area (TPSA) is 43.8 Å². The highest BCUT2D eigenvalue weighted by Gasteiger charge is 2.30. The first-order valence-corrected chi connectivity index (χ1v) is 5.79. The lowest BCUT2D eigenvalue weighted by atomic mass is 10.0. The van der Waals surface area contributed by atoms with Crippen molar-refractivity contribution >= 4 is 0 Å². The number of aryl methyl sites for hydroxylation is 1. The molecule has 0 aliphatic rings. The van der Waals surface area contributed by atoms with Crippen LogP contribution in [-0.2, 0) is 12.7 Å². The Morgan fingerprint density at radius 3 is 2.63 bits per heavy atom. The second-order valence-electron chi connectivity index (χ2n) is 4.41. The Labute approximate surface area is 108 Å². The third-order valence-electron chi connectivity index (χ3n) is 2.80. The molecule has 0 spiro atoms. The quantitative estimate of drug-likeness (QED) is 0.931. The molecule has 3 nitrogen and oxygen atoms in total. The van der Waals surface area contributed by atoms with Crippen LogP contribution in [0.25, 0.3) is 0 Å².